The molecule has 3 atom stereocenters. The second kappa shape index (κ2) is 48.5. The van der Waals surface area contributed by atoms with Gasteiger partial charge in [0.1, 0.15) is 13.2 Å². The van der Waals surface area contributed by atoms with Crippen LogP contribution in [0.25, 0.3) is 0 Å². The van der Waals surface area contributed by atoms with Crippen LogP contribution in [0.1, 0.15) is 258 Å². The number of hydrogen-bond acceptors (Lipinski definition) is 6. The van der Waals surface area contributed by atoms with Crippen LogP contribution in [0.2, 0.25) is 0 Å². The Morgan fingerprint density at radius 1 is 0.545 bits per heavy atom. The summed E-state index contributed by atoms with van der Waals surface area (Å²) in [6.07, 6.45) is 62.9. The summed E-state index contributed by atoms with van der Waals surface area (Å²) < 4.78 is 23.4. The lowest BCUT2D eigenvalue weighted by Crippen LogP contribution is -2.46. The zero-order valence-corrected chi connectivity index (χ0v) is 45.0. The third kappa shape index (κ3) is 50.3. The molecule has 9 heteroatoms. The number of aliphatic hydroxyl groups excluding tert-OH is 1. The van der Waals surface area contributed by atoms with Gasteiger partial charge in [-0.15, -0.1) is 0 Å². The minimum atomic E-state index is -4.57. The molecule has 3 unspecified atom stereocenters. The maximum absolute atomic E-state index is 13.0. The van der Waals surface area contributed by atoms with Crippen molar-refractivity contribution in [2.45, 2.75) is 270 Å². The zero-order chi connectivity index (χ0) is 48.5. The minimum Gasteiger partial charge on any atom is -0.756 e. The minimum absolute atomic E-state index is 0.0128. The highest BCUT2D eigenvalue weighted by Gasteiger charge is 2.24. The summed E-state index contributed by atoms with van der Waals surface area (Å²) in [6.45, 7) is 4.62. The molecule has 0 aliphatic rings. The Morgan fingerprint density at radius 3 is 1.35 bits per heavy atom. The van der Waals surface area contributed by atoms with Crippen molar-refractivity contribution in [2.24, 2.45) is 0 Å². The molecule has 0 fully saturated rings. The molecule has 66 heavy (non-hydrogen) atoms. The number of likely N-dealkylation sites (N-methyl/N-ethyl adjacent to an activating group) is 1. The third-order valence-corrected chi connectivity index (χ3v) is 13.5. The summed E-state index contributed by atoms with van der Waals surface area (Å²) >= 11 is 0. The largest absolute Gasteiger partial charge is 0.756 e. The average Bonchev–Trinajstić information content (AvgIpc) is 3.28. The van der Waals surface area contributed by atoms with E-state index in [0.717, 1.165) is 64.2 Å². The maximum atomic E-state index is 13.0. The van der Waals surface area contributed by atoms with E-state index in [-0.39, 0.29) is 19.1 Å². The van der Waals surface area contributed by atoms with E-state index in [4.69, 9.17) is 9.05 Å². The molecule has 0 aliphatic heterocycles. The van der Waals surface area contributed by atoms with E-state index >= 15 is 0 Å². The molecule has 0 heterocycles. The van der Waals surface area contributed by atoms with Gasteiger partial charge in [-0.05, 0) is 51.4 Å². The number of aliphatic hydroxyl groups is 1. The van der Waals surface area contributed by atoms with Crippen molar-refractivity contribution in [3.8, 4) is 0 Å². The van der Waals surface area contributed by atoms with Gasteiger partial charge in [0.05, 0.1) is 39.9 Å². The van der Waals surface area contributed by atoms with Crippen LogP contribution in [0, 0.1) is 0 Å². The van der Waals surface area contributed by atoms with Crippen LogP contribution in [-0.2, 0) is 18.4 Å². The van der Waals surface area contributed by atoms with Crippen molar-refractivity contribution >= 4 is 13.7 Å². The van der Waals surface area contributed by atoms with Crippen molar-refractivity contribution in [2.75, 3.05) is 40.9 Å². The van der Waals surface area contributed by atoms with E-state index in [1.54, 1.807) is 0 Å². The zero-order valence-electron chi connectivity index (χ0n) is 44.1. The Morgan fingerprint density at radius 2 is 0.924 bits per heavy atom. The van der Waals surface area contributed by atoms with Gasteiger partial charge < -0.3 is 28.8 Å². The van der Waals surface area contributed by atoms with Crippen molar-refractivity contribution in [1.82, 2.24) is 5.32 Å². The highest BCUT2D eigenvalue weighted by molar-refractivity contribution is 7.45. The number of carbonyl (C=O) groups is 1. The van der Waals surface area contributed by atoms with Gasteiger partial charge in [-0.25, -0.2) is 0 Å². The van der Waals surface area contributed by atoms with Crippen molar-refractivity contribution in [3.05, 3.63) is 48.6 Å². The number of quaternary nitrogens is 1. The molecule has 0 aromatic heterocycles. The Kier molecular flexibility index (Phi) is 47.4. The molecule has 0 aromatic rings. The number of amides is 1. The molecule has 388 valence electrons. The fourth-order valence-corrected chi connectivity index (χ4v) is 8.93. The number of hydrogen-bond donors (Lipinski definition) is 2. The van der Waals surface area contributed by atoms with E-state index in [1.165, 1.54) is 167 Å². The standard InChI is InChI=1S/C57H109N2O6P/c1-6-8-10-12-14-16-18-20-21-22-23-24-25-26-27-28-29-30-31-32-33-34-35-36-37-39-41-43-45-47-49-51-57(61)58-55(54-65-66(62,63)64-53-52-59(3,4)5)56(60)50-48-46-44-42-40-38-19-17-15-13-11-9-7-2/h8,10,14,16,20-21,23-24,55-56,60H,6-7,9,11-13,15,17-19,22,25-54H2,1-5H3,(H-,58,61,62,63)/b10-8-,16-14-,21-20-,24-23-. The van der Waals surface area contributed by atoms with E-state index in [1.807, 2.05) is 21.1 Å². The van der Waals surface area contributed by atoms with E-state index < -0.39 is 20.0 Å². The Hall–Kier alpha value is -1.54. The first-order valence-electron chi connectivity index (χ1n) is 28.0. The molecule has 0 rings (SSSR count). The number of unbranched alkanes of at least 4 members (excludes halogenated alkanes) is 30. The van der Waals surface area contributed by atoms with Gasteiger partial charge in [-0.1, -0.05) is 249 Å². The topological polar surface area (TPSA) is 108 Å². The number of nitrogens with one attached hydrogen (secondary N) is 1. The predicted octanol–water partition coefficient (Wildman–Crippen LogP) is 16.1. The molecule has 1 amide bonds. The van der Waals surface area contributed by atoms with Gasteiger partial charge in [-0.3, -0.25) is 9.36 Å². The first kappa shape index (κ1) is 64.5. The number of carbonyl (C=O) groups excluding carboxylic acids is 1. The summed E-state index contributed by atoms with van der Waals surface area (Å²) in [4.78, 5) is 25.5. The molecule has 0 bridgehead atoms. The summed E-state index contributed by atoms with van der Waals surface area (Å²) in [5, 5.41) is 14.0. The molecule has 0 aliphatic carbocycles. The fraction of sp³-hybridized carbons (Fsp3) is 0.842. The molecular weight excluding hydrogens is 840 g/mol. The van der Waals surface area contributed by atoms with Gasteiger partial charge in [0, 0.05) is 6.42 Å². The highest BCUT2D eigenvalue weighted by atomic mass is 31.2. The van der Waals surface area contributed by atoms with Crippen molar-refractivity contribution < 1.29 is 32.9 Å². The van der Waals surface area contributed by atoms with Gasteiger partial charge in [-0.2, -0.15) is 0 Å². The van der Waals surface area contributed by atoms with Gasteiger partial charge in [0.2, 0.25) is 5.91 Å². The summed E-state index contributed by atoms with van der Waals surface area (Å²) in [6, 6.07) is -0.799. The van der Waals surface area contributed by atoms with Crippen LogP contribution >= 0.6 is 7.82 Å². The Bertz CT molecular complexity index is 1210. The van der Waals surface area contributed by atoms with Crippen LogP contribution in [0.5, 0.6) is 0 Å². The average molecular weight is 949 g/mol. The summed E-state index contributed by atoms with van der Waals surface area (Å²) in [5.74, 6) is -0.163. The normalized spacial score (nSPS) is 14.3. The first-order chi connectivity index (χ1) is 32.0. The van der Waals surface area contributed by atoms with Crippen LogP contribution in [0.15, 0.2) is 48.6 Å². The van der Waals surface area contributed by atoms with Gasteiger partial charge in [0.15, 0.2) is 0 Å². The fourth-order valence-electron chi connectivity index (χ4n) is 8.21. The molecule has 2 N–H and O–H groups in total. The van der Waals surface area contributed by atoms with E-state index in [0.29, 0.717) is 23.9 Å². The van der Waals surface area contributed by atoms with Crippen LogP contribution in [0.3, 0.4) is 0 Å². The second-order valence-electron chi connectivity index (χ2n) is 20.3. The Labute approximate surface area is 409 Å². The molecule has 0 aromatic carbocycles. The second-order valence-corrected chi connectivity index (χ2v) is 21.7. The van der Waals surface area contributed by atoms with Crippen molar-refractivity contribution in [3.63, 3.8) is 0 Å². The molecule has 0 radical (unpaired) electrons. The summed E-state index contributed by atoms with van der Waals surface area (Å²) in [7, 11) is 1.31. The molecule has 0 saturated heterocycles. The van der Waals surface area contributed by atoms with E-state index in [2.05, 4.69) is 67.8 Å². The first-order valence-corrected chi connectivity index (χ1v) is 29.4. The predicted molar refractivity (Wildman–Crippen MR) is 284 cm³/mol. The monoisotopic (exact) mass is 949 g/mol. The highest BCUT2D eigenvalue weighted by Crippen LogP contribution is 2.38. The smallest absolute Gasteiger partial charge is 0.268 e. The SMILES string of the molecule is CC/C=C\C/C=C\C/C=C\C/C=C\CCCCCCCCCCCCCCCCCCCCC(=O)NC(COP(=O)([O-])OCC[N+](C)(C)C)C(O)CCCCCCCCCCCCCCC. The number of phosphoric ester groups is 1. The molecule has 8 nitrogen and oxygen atoms in total. The Balaban J connectivity index is 4.02. The lowest BCUT2D eigenvalue weighted by Gasteiger charge is -2.30. The lowest BCUT2D eigenvalue weighted by molar-refractivity contribution is -0.870. The third-order valence-electron chi connectivity index (χ3n) is 12.6. The number of allylic oxidation sites excluding steroid dienone is 8. The van der Waals surface area contributed by atoms with Crippen LogP contribution in [-0.4, -0.2) is 68.5 Å². The number of phosphoric acid groups is 1. The van der Waals surface area contributed by atoms with Crippen LogP contribution in [0.4, 0.5) is 0 Å². The molecule has 0 saturated carbocycles. The van der Waals surface area contributed by atoms with E-state index in [9.17, 15) is 19.4 Å². The van der Waals surface area contributed by atoms with Gasteiger partial charge >= 0.3 is 0 Å². The quantitative estimate of drug-likeness (QED) is 0.0272. The number of nitrogens with zero attached hydrogens (tertiary/aromatic N) is 1. The summed E-state index contributed by atoms with van der Waals surface area (Å²) in [5.41, 5.74) is 0. The lowest BCUT2D eigenvalue weighted by atomic mass is 10.0. The number of rotatable bonds is 51. The molecule has 0 spiro atoms. The molecular formula is C57H109N2O6P. The maximum Gasteiger partial charge on any atom is 0.268 e. The van der Waals surface area contributed by atoms with Gasteiger partial charge in [0.25, 0.3) is 7.82 Å². The van der Waals surface area contributed by atoms with Crippen molar-refractivity contribution in [1.29, 1.82) is 0 Å². The van der Waals surface area contributed by atoms with Crippen LogP contribution < -0.4 is 10.2 Å².